The molecule has 144 valence electrons. The predicted octanol–water partition coefficient (Wildman–Crippen LogP) is 3.65. The Morgan fingerprint density at radius 3 is 2.59 bits per heavy atom. The largest absolute Gasteiger partial charge is 0.481 e. The molecule has 1 N–H and O–H groups in total. The van der Waals surface area contributed by atoms with Crippen LogP contribution in [0.4, 0.5) is 14.5 Å². The predicted molar refractivity (Wildman–Crippen MR) is 95.8 cm³/mol. The summed E-state index contributed by atoms with van der Waals surface area (Å²) in [6.45, 7) is 0.226. The number of rotatable bonds is 8. The number of anilines is 1. The highest BCUT2D eigenvalue weighted by Crippen LogP contribution is 2.30. The average molecular weight is 377 g/mol. The summed E-state index contributed by atoms with van der Waals surface area (Å²) >= 11 is 0. The van der Waals surface area contributed by atoms with Gasteiger partial charge < -0.3 is 14.7 Å². The van der Waals surface area contributed by atoms with Crippen molar-refractivity contribution in [2.24, 2.45) is 0 Å². The summed E-state index contributed by atoms with van der Waals surface area (Å²) in [7, 11) is 1.52. The first-order valence-electron chi connectivity index (χ1n) is 8.85. The van der Waals surface area contributed by atoms with E-state index in [2.05, 4.69) is 9.97 Å². The Kier molecular flexibility index (Phi) is 5.83. The number of aromatic nitrogens is 2. The van der Waals surface area contributed by atoms with Gasteiger partial charge in [-0.25, -0.2) is 13.8 Å². The van der Waals surface area contributed by atoms with E-state index in [0.717, 1.165) is 19.3 Å². The van der Waals surface area contributed by atoms with Crippen molar-refractivity contribution < 1.29 is 23.4 Å². The number of carbonyl (C=O) groups is 1. The zero-order valence-electron chi connectivity index (χ0n) is 15.0. The van der Waals surface area contributed by atoms with Gasteiger partial charge in [0.15, 0.2) is 0 Å². The highest BCUT2D eigenvalue weighted by atomic mass is 19.1. The minimum Gasteiger partial charge on any atom is -0.481 e. The first kappa shape index (κ1) is 19.0. The van der Waals surface area contributed by atoms with E-state index in [1.807, 2.05) is 0 Å². The first-order valence-corrected chi connectivity index (χ1v) is 8.85. The topological polar surface area (TPSA) is 75.6 Å². The molecule has 1 aliphatic carbocycles. The van der Waals surface area contributed by atoms with E-state index in [4.69, 9.17) is 9.84 Å². The average Bonchev–Trinajstić information content (AvgIpc) is 2.57. The normalized spacial score (nSPS) is 13.9. The molecule has 1 heterocycles. The van der Waals surface area contributed by atoms with Crippen molar-refractivity contribution in [3.63, 3.8) is 0 Å². The van der Waals surface area contributed by atoms with Gasteiger partial charge in [-0.1, -0.05) is 0 Å². The van der Waals surface area contributed by atoms with Crippen LogP contribution in [0.15, 0.2) is 24.5 Å². The van der Waals surface area contributed by atoms with Crippen LogP contribution in [0.2, 0.25) is 0 Å². The van der Waals surface area contributed by atoms with E-state index in [1.54, 1.807) is 0 Å². The van der Waals surface area contributed by atoms with Crippen molar-refractivity contribution in [1.82, 2.24) is 9.97 Å². The maximum Gasteiger partial charge on any atom is 0.303 e. The van der Waals surface area contributed by atoms with Crippen LogP contribution in [0.1, 0.15) is 32.1 Å². The summed E-state index contributed by atoms with van der Waals surface area (Å²) in [4.78, 5) is 20.3. The smallest absolute Gasteiger partial charge is 0.303 e. The molecule has 0 bridgehead atoms. The number of hydrogen-bond donors (Lipinski definition) is 1. The molecule has 1 fully saturated rings. The third kappa shape index (κ3) is 4.69. The van der Waals surface area contributed by atoms with Gasteiger partial charge in [-0.05, 0) is 37.8 Å². The molecule has 0 aliphatic heterocycles. The maximum absolute atomic E-state index is 14.5. The molecule has 1 aromatic heterocycles. The molecule has 27 heavy (non-hydrogen) atoms. The van der Waals surface area contributed by atoms with Crippen molar-refractivity contribution in [1.29, 1.82) is 0 Å². The van der Waals surface area contributed by atoms with E-state index in [1.165, 1.54) is 36.5 Å². The fraction of sp³-hybridized carbons (Fsp3) is 0.421. The minimum atomic E-state index is -0.942. The Bertz CT molecular complexity index is 805. The molecule has 3 rings (SSSR count). The van der Waals surface area contributed by atoms with Gasteiger partial charge in [0.05, 0.1) is 18.1 Å². The highest BCUT2D eigenvalue weighted by molar-refractivity contribution is 5.67. The molecule has 0 unspecified atom stereocenters. The van der Waals surface area contributed by atoms with E-state index in [9.17, 15) is 13.6 Å². The van der Waals surface area contributed by atoms with Crippen molar-refractivity contribution in [3.8, 4) is 17.1 Å². The second-order valence-corrected chi connectivity index (χ2v) is 6.62. The van der Waals surface area contributed by atoms with Crippen LogP contribution in [0.3, 0.4) is 0 Å². The van der Waals surface area contributed by atoms with Gasteiger partial charge in [0.1, 0.15) is 23.4 Å². The second kappa shape index (κ2) is 8.28. The standard InChI is InChI=1S/C19H21F2N3O3/c1-24(7-3-6-18(25)26)19-14(20)8-12(9-15(19)21)16-10-22-11-17(23-16)27-13-4-2-5-13/h8-11,13H,2-7H2,1H3,(H,25,26). The first-order chi connectivity index (χ1) is 12.9. The zero-order chi connectivity index (χ0) is 19.4. The third-order valence-electron chi connectivity index (χ3n) is 4.53. The number of benzene rings is 1. The monoisotopic (exact) mass is 377 g/mol. The van der Waals surface area contributed by atoms with Gasteiger partial charge in [0, 0.05) is 25.6 Å². The highest BCUT2D eigenvalue weighted by Gasteiger charge is 2.21. The molecule has 2 aromatic rings. The Balaban J connectivity index is 1.77. The van der Waals surface area contributed by atoms with E-state index in [-0.39, 0.29) is 30.3 Å². The lowest BCUT2D eigenvalue weighted by Crippen LogP contribution is -2.25. The number of aliphatic carboxylic acids is 1. The van der Waals surface area contributed by atoms with Crippen LogP contribution in [-0.2, 0) is 4.79 Å². The molecule has 6 nitrogen and oxygen atoms in total. The quantitative estimate of drug-likeness (QED) is 0.757. The lowest BCUT2D eigenvalue weighted by molar-refractivity contribution is -0.137. The van der Waals surface area contributed by atoms with Gasteiger partial charge in [0.25, 0.3) is 0 Å². The lowest BCUT2D eigenvalue weighted by Gasteiger charge is -2.25. The number of hydrogen-bond acceptors (Lipinski definition) is 5. The summed E-state index contributed by atoms with van der Waals surface area (Å²) in [5, 5.41) is 8.68. The Morgan fingerprint density at radius 1 is 1.30 bits per heavy atom. The van der Waals surface area contributed by atoms with Gasteiger partial charge in [-0.3, -0.25) is 9.78 Å². The van der Waals surface area contributed by atoms with Crippen LogP contribution in [-0.4, -0.2) is 40.7 Å². The summed E-state index contributed by atoms with van der Waals surface area (Å²) < 4.78 is 34.7. The van der Waals surface area contributed by atoms with Crippen LogP contribution >= 0.6 is 0 Å². The Morgan fingerprint density at radius 2 is 2.00 bits per heavy atom. The molecule has 0 atom stereocenters. The van der Waals surface area contributed by atoms with Gasteiger partial charge >= 0.3 is 5.97 Å². The molecule has 1 aliphatic rings. The van der Waals surface area contributed by atoms with E-state index >= 15 is 0 Å². The minimum absolute atomic E-state index is 0.0605. The molecule has 8 heteroatoms. The SMILES string of the molecule is CN(CCCC(=O)O)c1c(F)cc(-c2cncc(OC3CCC3)n2)cc1F. The summed E-state index contributed by atoms with van der Waals surface area (Å²) in [6.07, 6.45) is 6.33. The summed E-state index contributed by atoms with van der Waals surface area (Å²) in [5.74, 6) is -2.08. The molecule has 0 spiro atoms. The second-order valence-electron chi connectivity index (χ2n) is 6.62. The fourth-order valence-corrected chi connectivity index (χ4v) is 2.86. The van der Waals surface area contributed by atoms with Crippen molar-refractivity contribution in [2.45, 2.75) is 38.2 Å². The van der Waals surface area contributed by atoms with Crippen LogP contribution in [0.5, 0.6) is 5.88 Å². The number of carboxylic acids is 1. The summed E-state index contributed by atoms with van der Waals surface area (Å²) in [6, 6.07) is 2.40. The van der Waals surface area contributed by atoms with E-state index in [0.29, 0.717) is 18.0 Å². The Labute approximate surface area is 155 Å². The number of ether oxygens (including phenoxy) is 1. The molecule has 0 radical (unpaired) electrons. The van der Waals surface area contributed by atoms with E-state index < -0.39 is 17.6 Å². The van der Waals surface area contributed by atoms with Crippen molar-refractivity contribution in [3.05, 3.63) is 36.2 Å². The molecule has 0 amide bonds. The van der Waals surface area contributed by atoms with Crippen LogP contribution in [0.25, 0.3) is 11.3 Å². The number of carboxylic acid groups (broad SMARTS) is 1. The van der Waals surface area contributed by atoms with Crippen molar-refractivity contribution >= 4 is 11.7 Å². The molecular formula is C19H21F2N3O3. The van der Waals surface area contributed by atoms with Gasteiger partial charge in [-0.15, -0.1) is 0 Å². The zero-order valence-corrected chi connectivity index (χ0v) is 15.0. The maximum atomic E-state index is 14.5. The molecule has 1 aromatic carbocycles. The third-order valence-corrected chi connectivity index (χ3v) is 4.53. The molecule has 1 saturated carbocycles. The van der Waals surface area contributed by atoms with Crippen LogP contribution < -0.4 is 9.64 Å². The number of nitrogens with zero attached hydrogens (tertiary/aromatic N) is 3. The lowest BCUT2D eigenvalue weighted by atomic mass is 9.96. The Hall–Kier alpha value is -2.77. The van der Waals surface area contributed by atoms with Gasteiger partial charge in [0.2, 0.25) is 5.88 Å². The molecular weight excluding hydrogens is 356 g/mol. The summed E-state index contributed by atoms with van der Waals surface area (Å²) in [5.41, 5.74) is 0.392. The number of halogens is 2. The van der Waals surface area contributed by atoms with Gasteiger partial charge in [-0.2, -0.15) is 0 Å². The fourth-order valence-electron chi connectivity index (χ4n) is 2.86. The van der Waals surface area contributed by atoms with Crippen molar-refractivity contribution in [2.75, 3.05) is 18.5 Å². The van der Waals surface area contributed by atoms with Crippen LogP contribution in [0, 0.1) is 11.6 Å². The molecule has 0 saturated heterocycles.